The van der Waals surface area contributed by atoms with Gasteiger partial charge in [0.2, 0.25) is 0 Å². The van der Waals surface area contributed by atoms with E-state index in [0.29, 0.717) is 34.0 Å². The number of aromatic nitrogens is 3. The van der Waals surface area contributed by atoms with Crippen LogP contribution in [-0.4, -0.2) is 31.9 Å². The van der Waals surface area contributed by atoms with Crippen LogP contribution in [0.15, 0.2) is 85.1 Å². The zero-order valence-corrected chi connectivity index (χ0v) is 21.4. The molecule has 3 N–H and O–H groups in total. The number of aromatic carboxylic acids is 1. The van der Waals surface area contributed by atoms with Gasteiger partial charge in [0.05, 0.1) is 28.3 Å². The topological polar surface area (TPSA) is 108 Å². The number of benzene rings is 3. The van der Waals surface area contributed by atoms with E-state index in [9.17, 15) is 14.7 Å². The van der Waals surface area contributed by atoms with Gasteiger partial charge in [-0.3, -0.25) is 9.78 Å². The first-order valence-corrected chi connectivity index (χ1v) is 12.7. The maximum atomic E-state index is 13.2. The molecular weight excluding hydrogens is 500 g/mol. The molecule has 0 spiro atoms. The van der Waals surface area contributed by atoms with Gasteiger partial charge in [0.15, 0.2) is 0 Å². The maximum absolute atomic E-state index is 13.2. The molecule has 0 radical (unpaired) electrons. The van der Waals surface area contributed by atoms with Gasteiger partial charge < -0.3 is 15.4 Å². The summed E-state index contributed by atoms with van der Waals surface area (Å²) in [6.07, 6.45) is 3.23. The summed E-state index contributed by atoms with van der Waals surface area (Å²) >= 11 is 6.64. The number of carboxylic acids is 1. The van der Waals surface area contributed by atoms with Gasteiger partial charge in [0.1, 0.15) is 5.82 Å². The zero-order chi connectivity index (χ0) is 26.6. The summed E-state index contributed by atoms with van der Waals surface area (Å²) in [5.74, 6) is -0.973. The highest BCUT2D eigenvalue weighted by molar-refractivity contribution is 6.34. The Kier molecular flexibility index (Phi) is 7.20. The second-order valence-electron chi connectivity index (χ2n) is 8.90. The van der Waals surface area contributed by atoms with Gasteiger partial charge in [-0.2, -0.15) is 0 Å². The standard InChI is InChI=1S/C30H25ClN4O3/c1-2-8-24(23-11-5-6-16-32-23)35-29(36)18-14-15-19(21(17-18)30(37)38)27-20(9-7-10-22(27)31)28-33-25-12-3-4-13-26(25)34-28/h3-7,9-17,24H,2,8H2,1H3,(H,33,34)(H,35,36)(H,37,38). The average Bonchev–Trinajstić information content (AvgIpc) is 3.37. The number of pyridine rings is 1. The molecule has 0 aliphatic rings. The molecule has 1 amide bonds. The Morgan fingerprint density at radius 3 is 2.55 bits per heavy atom. The number of aromatic amines is 1. The number of halogens is 1. The summed E-state index contributed by atoms with van der Waals surface area (Å²) < 4.78 is 0. The van der Waals surface area contributed by atoms with Crippen LogP contribution in [0.1, 0.15) is 52.2 Å². The van der Waals surface area contributed by atoms with Crippen LogP contribution in [-0.2, 0) is 0 Å². The van der Waals surface area contributed by atoms with Crippen molar-refractivity contribution in [1.29, 1.82) is 0 Å². The fourth-order valence-corrected chi connectivity index (χ4v) is 4.84. The largest absolute Gasteiger partial charge is 0.478 e. The first-order valence-electron chi connectivity index (χ1n) is 12.3. The van der Waals surface area contributed by atoms with Crippen molar-refractivity contribution in [3.8, 4) is 22.5 Å². The van der Waals surface area contributed by atoms with E-state index in [0.717, 1.165) is 23.1 Å². The molecule has 5 rings (SSSR count). The smallest absolute Gasteiger partial charge is 0.336 e. The molecule has 3 aromatic carbocycles. The number of imidazole rings is 1. The lowest BCUT2D eigenvalue weighted by atomic mass is 9.93. The number of fused-ring (bicyclic) bond motifs is 1. The SMILES string of the molecule is CCCC(NC(=O)c1ccc(-c2c(Cl)cccc2-c2nc3ccccc3[nH]2)c(C(=O)O)c1)c1ccccn1. The number of carbonyl (C=O) groups excluding carboxylic acids is 1. The van der Waals surface area contributed by atoms with Crippen molar-refractivity contribution in [3.63, 3.8) is 0 Å². The van der Waals surface area contributed by atoms with E-state index in [2.05, 4.69) is 20.3 Å². The number of hydrogen-bond donors (Lipinski definition) is 3. The normalized spacial score (nSPS) is 11.8. The van der Waals surface area contributed by atoms with E-state index < -0.39 is 5.97 Å². The summed E-state index contributed by atoms with van der Waals surface area (Å²) in [5.41, 5.74) is 4.17. The van der Waals surface area contributed by atoms with Gasteiger partial charge in [-0.25, -0.2) is 9.78 Å². The van der Waals surface area contributed by atoms with E-state index in [1.54, 1.807) is 30.5 Å². The third kappa shape index (κ3) is 5.01. The Morgan fingerprint density at radius 1 is 1.00 bits per heavy atom. The van der Waals surface area contributed by atoms with E-state index in [1.165, 1.54) is 6.07 Å². The minimum atomic E-state index is -1.17. The van der Waals surface area contributed by atoms with E-state index in [4.69, 9.17) is 11.6 Å². The zero-order valence-electron chi connectivity index (χ0n) is 20.6. The van der Waals surface area contributed by atoms with Crippen molar-refractivity contribution in [2.45, 2.75) is 25.8 Å². The number of nitrogens with one attached hydrogen (secondary N) is 2. The maximum Gasteiger partial charge on any atom is 0.336 e. The van der Waals surface area contributed by atoms with Gasteiger partial charge in [-0.05, 0) is 54.4 Å². The minimum Gasteiger partial charge on any atom is -0.478 e. The Balaban J connectivity index is 1.55. The number of nitrogens with zero attached hydrogens (tertiary/aromatic N) is 2. The lowest BCUT2D eigenvalue weighted by Crippen LogP contribution is -2.29. The monoisotopic (exact) mass is 524 g/mol. The molecule has 190 valence electrons. The average molecular weight is 525 g/mol. The summed E-state index contributed by atoms with van der Waals surface area (Å²) in [4.78, 5) is 38.0. The summed E-state index contributed by atoms with van der Waals surface area (Å²) in [5, 5.41) is 13.5. The van der Waals surface area contributed by atoms with Crippen molar-refractivity contribution in [2.75, 3.05) is 0 Å². The van der Waals surface area contributed by atoms with Crippen LogP contribution in [0.3, 0.4) is 0 Å². The Labute approximate surface area is 224 Å². The van der Waals surface area contributed by atoms with Crippen molar-refractivity contribution in [1.82, 2.24) is 20.3 Å². The lowest BCUT2D eigenvalue weighted by molar-refractivity contribution is 0.0697. The highest BCUT2D eigenvalue weighted by Crippen LogP contribution is 2.39. The first-order chi connectivity index (χ1) is 18.5. The second kappa shape index (κ2) is 10.9. The fourth-order valence-electron chi connectivity index (χ4n) is 4.56. The molecule has 1 atom stereocenters. The predicted octanol–water partition coefficient (Wildman–Crippen LogP) is 6.91. The molecule has 0 aliphatic carbocycles. The number of carboxylic acid groups (broad SMARTS) is 1. The van der Waals surface area contributed by atoms with Crippen LogP contribution in [0.2, 0.25) is 5.02 Å². The molecule has 0 fully saturated rings. The molecule has 8 heteroatoms. The molecule has 5 aromatic rings. The minimum absolute atomic E-state index is 0.0343. The molecule has 2 heterocycles. The molecule has 0 bridgehead atoms. The second-order valence-corrected chi connectivity index (χ2v) is 9.31. The predicted molar refractivity (Wildman–Crippen MR) is 148 cm³/mol. The molecule has 2 aromatic heterocycles. The fraction of sp³-hybridized carbons (Fsp3) is 0.133. The molecule has 7 nitrogen and oxygen atoms in total. The third-order valence-corrected chi connectivity index (χ3v) is 6.68. The van der Waals surface area contributed by atoms with Crippen molar-refractivity contribution < 1.29 is 14.7 Å². The van der Waals surface area contributed by atoms with Crippen LogP contribution >= 0.6 is 11.6 Å². The Hall–Kier alpha value is -4.49. The highest BCUT2D eigenvalue weighted by atomic mass is 35.5. The first kappa shape index (κ1) is 25.2. The van der Waals surface area contributed by atoms with Gasteiger partial charge in [-0.1, -0.05) is 61.3 Å². The van der Waals surface area contributed by atoms with Crippen LogP contribution < -0.4 is 5.32 Å². The number of carbonyl (C=O) groups is 2. The summed E-state index contributed by atoms with van der Waals surface area (Å²) in [7, 11) is 0. The van der Waals surface area contributed by atoms with Crippen LogP contribution in [0, 0.1) is 0 Å². The Bertz CT molecular complexity index is 1600. The molecule has 1 unspecified atom stereocenters. The number of amides is 1. The van der Waals surface area contributed by atoms with Crippen molar-refractivity contribution in [3.05, 3.63) is 107 Å². The van der Waals surface area contributed by atoms with Gasteiger partial charge in [-0.15, -0.1) is 0 Å². The summed E-state index contributed by atoms with van der Waals surface area (Å²) in [6, 6.07) is 22.9. The van der Waals surface area contributed by atoms with E-state index in [-0.39, 0.29) is 23.1 Å². The van der Waals surface area contributed by atoms with E-state index in [1.807, 2.05) is 55.5 Å². The van der Waals surface area contributed by atoms with Gasteiger partial charge in [0, 0.05) is 27.9 Å². The molecule has 0 aliphatic heterocycles. The van der Waals surface area contributed by atoms with E-state index >= 15 is 0 Å². The molecule has 0 saturated heterocycles. The molecule has 0 saturated carbocycles. The Morgan fingerprint density at radius 2 is 1.82 bits per heavy atom. The molecular formula is C30H25ClN4O3. The number of para-hydroxylation sites is 2. The van der Waals surface area contributed by atoms with Crippen molar-refractivity contribution >= 4 is 34.5 Å². The van der Waals surface area contributed by atoms with Crippen molar-refractivity contribution in [2.24, 2.45) is 0 Å². The number of H-pyrrole nitrogens is 1. The van der Waals surface area contributed by atoms with Crippen LogP contribution in [0.5, 0.6) is 0 Å². The molecule has 38 heavy (non-hydrogen) atoms. The van der Waals surface area contributed by atoms with Crippen LogP contribution in [0.25, 0.3) is 33.5 Å². The quantitative estimate of drug-likeness (QED) is 0.204. The van der Waals surface area contributed by atoms with Gasteiger partial charge >= 0.3 is 5.97 Å². The van der Waals surface area contributed by atoms with Gasteiger partial charge in [0.25, 0.3) is 5.91 Å². The highest BCUT2D eigenvalue weighted by Gasteiger charge is 2.23. The number of hydrogen-bond acceptors (Lipinski definition) is 4. The van der Waals surface area contributed by atoms with Crippen LogP contribution in [0.4, 0.5) is 0 Å². The lowest BCUT2D eigenvalue weighted by Gasteiger charge is -2.18. The number of rotatable bonds is 8. The summed E-state index contributed by atoms with van der Waals surface area (Å²) in [6.45, 7) is 2.03. The third-order valence-electron chi connectivity index (χ3n) is 6.37.